The third-order valence-corrected chi connectivity index (χ3v) is 7.52. The monoisotopic (exact) mass is 524 g/mol. The van der Waals surface area contributed by atoms with E-state index in [1.165, 1.54) is 17.7 Å². The highest BCUT2D eigenvalue weighted by Gasteiger charge is 2.29. The molecule has 0 aliphatic heterocycles. The number of anilines is 1. The number of nitrogens with zero attached hydrogens (tertiary/aromatic N) is 1. The molecule has 198 valence electrons. The fraction of sp³-hybridized carbons (Fsp3) is 0.345. The van der Waals surface area contributed by atoms with Crippen molar-refractivity contribution in [2.75, 3.05) is 30.6 Å². The van der Waals surface area contributed by atoms with Gasteiger partial charge in [0.2, 0.25) is 5.91 Å². The maximum atomic E-state index is 13.6. The molecule has 0 aromatic heterocycles. The van der Waals surface area contributed by atoms with Crippen molar-refractivity contribution in [1.29, 1.82) is 0 Å². The van der Waals surface area contributed by atoms with Gasteiger partial charge in [0.25, 0.3) is 10.0 Å². The lowest BCUT2D eigenvalue weighted by Crippen LogP contribution is -2.42. The summed E-state index contributed by atoms with van der Waals surface area (Å²) < 4.78 is 39.7. The first-order chi connectivity index (χ1) is 17.5. The van der Waals surface area contributed by atoms with E-state index in [-0.39, 0.29) is 23.5 Å². The van der Waals surface area contributed by atoms with Crippen molar-refractivity contribution in [3.8, 4) is 11.5 Å². The van der Waals surface area contributed by atoms with Crippen molar-refractivity contribution in [2.24, 2.45) is 0 Å². The van der Waals surface area contributed by atoms with Crippen molar-refractivity contribution in [3.05, 3.63) is 83.9 Å². The van der Waals surface area contributed by atoms with Gasteiger partial charge in [-0.25, -0.2) is 8.42 Å². The van der Waals surface area contributed by atoms with E-state index < -0.39 is 22.5 Å². The Morgan fingerprint density at radius 3 is 2.19 bits per heavy atom. The van der Waals surface area contributed by atoms with Gasteiger partial charge >= 0.3 is 0 Å². The van der Waals surface area contributed by atoms with Crippen LogP contribution in [0.15, 0.2) is 77.7 Å². The van der Waals surface area contributed by atoms with Crippen molar-refractivity contribution in [1.82, 2.24) is 5.32 Å². The van der Waals surface area contributed by atoms with Crippen molar-refractivity contribution in [3.63, 3.8) is 0 Å². The van der Waals surface area contributed by atoms with Crippen LogP contribution in [0.5, 0.6) is 11.5 Å². The Morgan fingerprint density at radius 2 is 1.57 bits per heavy atom. The molecule has 1 amide bonds. The Kier molecular flexibility index (Phi) is 9.21. The smallest absolute Gasteiger partial charge is 0.264 e. The normalized spacial score (nSPS) is 11.6. The Labute approximate surface area is 220 Å². The minimum absolute atomic E-state index is 0.0537. The highest BCUT2D eigenvalue weighted by atomic mass is 32.2. The van der Waals surface area contributed by atoms with Gasteiger partial charge in [0, 0.05) is 0 Å². The van der Waals surface area contributed by atoms with Crippen molar-refractivity contribution in [2.45, 2.75) is 44.9 Å². The third-order valence-electron chi connectivity index (χ3n) is 5.74. The molecule has 0 spiro atoms. The van der Waals surface area contributed by atoms with E-state index in [0.29, 0.717) is 23.8 Å². The van der Waals surface area contributed by atoms with Crippen molar-refractivity contribution >= 4 is 21.6 Å². The van der Waals surface area contributed by atoms with Gasteiger partial charge in [0.05, 0.1) is 23.7 Å². The molecular formula is C29H36N2O5S. The fourth-order valence-corrected chi connectivity index (χ4v) is 5.11. The van der Waals surface area contributed by atoms with Gasteiger partial charge in [-0.05, 0) is 61.2 Å². The number of benzene rings is 3. The summed E-state index contributed by atoms with van der Waals surface area (Å²) in [5.41, 5.74) is 2.49. The first-order valence-corrected chi connectivity index (χ1v) is 13.8. The number of aryl methyl sites for hydroxylation is 1. The van der Waals surface area contributed by atoms with Crippen LogP contribution in [0, 0.1) is 6.92 Å². The number of rotatable bonds is 11. The quantitative estimate of drug-likeness (QED) is 0.354. The molecule has 0 saturated carbocycles. The van der Waals surface area contributed by atoms with Gasteiger partial charge in [0.1, 0.15) is 24.7 Å². The van der Waals surface area contributed by atoms with Crippen LogP contribution < -0.4 is 19.1 Å². The molecule has 3 aromatic rings. The first kappa shape index (κ1) is 28.1. The van der Waals surface area contributed by atoms with Gasteiger partial charge in [-0.2, -0.15) is 0 Å². The van der Waals surface area contributed by atoms with Gasteiger partial charge < -0.3 is 14.8 Å². The largest absolute Gasteiger partial charge is 0.492 e. The zero-order chi connectivity index (χ0) is 27.1. The summed E-state index contributed by atoms with van der Waals surface area (Å²) in [6.45, 7) is 10.6. The van der Waals surface area contributed by atoms with Crippen LogP contribution in [0.4, 0.5) is 5.69 Å². The maximum Gasteiger partial charge on any atom is 0.264 e. The van der Waals surface area contributed by atoms with E-state index in [1.54, 1.807) is 36.4 Å². The van der Waals surface area contributed by atoms with Crippen LogP contribution in [0.1, 0.15) is 38.8 Å². The van der Waals surface area contributed by atoms with E-state index in [1.807, 2.05) is 38.1 Å². The number of amides is 1. The molecule has 0 saturated heterocycles. The number of para-hydroxylation sites is 2. The summed E-state index contributed by atoms with van der Waals surface area (Å²) in [5.74, 6) is 0.639. The van der Waals surface area contributed by atoms with Gasteiger partial charge in [0.15, 0.2) is 0 Å². The third kappa shape index (κ3) is 7.49. The lowest BCUT2D eigenvalue weighted by Gasteiger charge is -2.26. The van der Waals surface area contributed by atoms with Crippen LogP contribution in [-0.4, -0.2) is 40.6 Å². The summed E-state index contributed by atoms with van der Waals surface area (Å²) >= 11 is 0. The Balaban J connectivity index is 1.71. The van der Waals surface area contributed by atoms with Crippen LogP contribution in [0.25, 0.3) is 0 Å². The number of carbonyl (C=O) groups excluding carboxylic acids is 1. The lowest BCUT2D eigenvalue weighted by molar-refractivity contribution is -0.119. The van der Waals surface area contributed by atoms with Gasteiger partial charge in [-0.3, -0.25) is 9.10 Å². The Morgan fingerprint density at radius 1 is 0.919 bits per heavy atom. The second kappa shape index (κ2) is 12.1. The van der Waals surface area contributed by atoms with E-state index in [2.05, 4.69) is 26.1 Å². The molecule has 1 N–H and O–H groups in total. The SMILES string of the molecule is CCOc1ccccc1N(CC(=O)NCCOc1ccc(C(C)(C)C)cc1)S(=O)(=O)c1ccc(C)cc1. The number of nitrogens with one attached hydrogen (secondary N) is 1. The average molecular weight is 525 g/mol. The number of ether oxygens (including phenoxy) is 2. The van der Waals surface area contributed by atoms with Gasteiger partial charge in [-0.1, -0.05) is 62.7 Å². The highest BCUT2D eigenvalue weighted by molar-refractivity contribution is 7.92. The van der Waals surface area contributed by atoms with E-state index >= 15 is 0 Å². The minimum atomic E-state index is -4.04. The summed E-state index contributed by atoms with van der Waals surface area (Å²) in [6, 6.07) is 21.2. The number of sulfonamides is 1. The molecule has 37 heavy (non-hydrogen) atoms. The van der Waals surface area contributed by atoms with Crippen LogP contribution >= 0.6 is 0 Å². The summed E-state index contributed by atoms with van der Waals surface area (Å²) in [7, 11) is -4.04. The molecule has 3 aromatic carbocycles. The van der Waals surface area contributed by atoms with Gasteiger partial charge in [-0.15, -0.1) is 0 Å². The molecular weight excluding hydrogens is 488 g/mol. The molecule has 0 unspecified atom stereocenters. The Bertz CT molecular complexity index is 1280. The first-order valence-electron chi connectivity index (χ1n) is 12.3. The molecule has 0 fully saturated rings. The average Bonchev–Trinajstić information content (AvgIpc) is 2.86. The standard InChI is InChI=1S/C29H36N2O5S/c1-6-35-27-10-8-7-9-26(27)31(37(33,34)25-17-11-22(2)12-18-25)21-28(32)30-19-20-36-24-15-13-23(14-16-24)29(3,4)5/h7-18H,6,19-21H2,1-5H3,(H,30,32). The highest BCUT2D eigenvalue weighted by Crippen LogP contribution is 2.32. The lowest BCUT2D eigenvalue weighted by atomic mass is 9.87. The summed E-state index contributed by atoms with van der Waals surface area (Å²) in [4.78, 5) is 13.0. The maximum absolute atomic E-state index is 13.6. The van der Waals surface area contributed by atoms with E-state index in [4.69, 9.17) is 9.47 Å². The molecule has 0 aliphatic rings. The van der Waals surface area contributed by atoms with Crippen LogP contribution in [0.2, 0.25) is 0 Å². The zero-order valence-electron chi connectivity index (χ0n) is 22.2. The second-order valence-corrected chi connectivity index (χ2v) is 11.6. The number of hydrogen-bond donors (Lipinski definition) is 1. The molecule has 0 aliphatic carbocycles. The Hall–Kier alpha value is -3.52. The van der Waals surface area contributed by atoms with Crippen molar-refractivity contribution < 1.29 is 22.7 Å². The number of carbonyl (C=O) groups is 1. The van der Waals surface area contributed by atoms with E-state index in [0.717, 1.165) is 9.87 Å². The van der Waals surface area contributed by atoms with E-state index in [9.17, 15) is 13.2 Å². The fourth-order valence-electron chi connectivity index (χ4n) is 3.67. The zero-order valence-corrected chi connectivity index (χ0v) is 23.0. The predicted octanol–water partition coefficient (Wildman–Crippen LogP) is 5.08. The second-order valence-electron chi connectivity index (χ2n) is 9.70. The molecule has 0 atom stereocenters. The molecule has 0 bridgehead atoms. The molecule has 7 nitrogen and oxygen atoms in total. The molecule has 0 radical (unpaired) electrons. The van der Waals surface area contributed by atoms with Crippen LogP contribution in [-0.2, 0) is 20.2 Å². The summed E-state index contributed by atoms with van der Waals surface area (Å²) in [6.07, 6.45) is 0. The molecule has 0 heterocycles. The topological polar surface area (TPSA) is 84.9 Å². The molecule has 8 heteroatoms. The van der Waals surface area contributed by atoms with Crippen LogP contribution in [0.3, 0.4) is 0 Å². The summed E-state index contributed by atoms with van der Waals surface area (Å²) in [5, 5.41) is 2.76. The predicted molar refractivity (Wildman–Crippen MR) is 147 cm³/mol. The number of hydrogen-bond acceptors (Lipinski definition) is 5. The minimum Gasteiger partial charge on any atom is -0.492 e. The molecule has 3 rings (SSSR count).